The van der Waals surface area contributed by atoms with Crippen molar-refractivity contribution in [3.63, 3.8) is 0 Å². The Kier molecular flexibility index (Phi) is 5.45. The molecule has 2 aromatic rings. The molecule has 0 fully saturated rings. The predicted molar refractivity (Wildman–Crippen MR) is 78.5 cm³/mol. The number of ether oxygens (including phenoxy) is 1. The van der Waals surface area contributed by atoms with Crippen molar-refractivity contribution in [1.82, 2.24) is 4.98 Å². The first kappa shape index (κ1) is 19.2. The molecule has 1 amide bonds. The number of nitro groups is 1. The maximum Gasteiger partial charge on any atom is 0.433 e. The third kappa shape index (κ3) is 4.69. The number of alkyl halides is 3. The van der Waals surface area contributed by atoms with Gasteiger partial charge in [-0.25, -0.2) is 9.78 Å². The molecule has 0 spiro atoms. The topological polar surface area (TPSA) is 125 Å². The van der Waals surface area contributed by atoms with Crippen LogP contribution >= 0.6 is 11.6 Å². The largest absolute Gasteiger partial charge is 0.450 e. The number of amides is 1. The van der Waals surface area contributed by atoms with Gasteiger partial charge in [-0.2, -0.15) is 13.2 Å². The van der Waals surface area contributed by atoms with E-state index in [9.17, 15) is 32.9 Å². The smallest absolute Gasteiger partial charge is 0.433 e. The second-order valence-electron chi connectivity index (χ2n) is 4.57. The Morgan fingerprint density at radius 2 is 2.08 bits per heavy atom. The molecule has 0 saturated carbocycles. The van der Waals surface area contributed by atoms with E-state index in [0.29, 0.717) is 12.3 Å². The molecule has 0 atom stereocenters. The number of aromatic nitrogens is 1. The average Bonchev–Trinajstić information content (AvgIpc) is 3.04. The molecule has 0 saturated heterocycles. The Morgan fingerprint density at radius 1 is 1.38 bits per heavy atom. The van der Waals surface area contributed by atoms with Gasteiger partial charge in [0.1, 0.15) is 4.92 Å². The van der Waals surface area contributed by atoms with Gasteiger partial charge in [0, 0.05) is 6.20 Å². The van der Waals surface area contributed by atoms with Crippen LogP contribution in [0.3, 0.4) is 0 Å². The van der Waals surface area contributed by atoms with E-state index in [-0.39, 0.29) is 5.82 Å². The van der Waals surface area contributed by atoms with Gasteiger partial charge in [0.2, 0.25) is 5.76 Å². The van der Waals surface area contributed by atoms with Gasteiger partial charge in [0.05, 0.1) is 16.7 Å². The number of halogens is 4. The van der Waals surface area contributed by atoms with E-state index in [2.05, 4.69) is 19.5 Å². The van der Waals surface area contributed by atoms with Crippen molar-refractivity contribution in [3.05, 3.63) is 50.9 Å². The van der Waals surface area contributed by atoms with Crippen LogP contribution in [0.25, 0.3) is 0 Å². The number of rotatable bonds is 5. The lowest BCUT2D eigenvalue weighted by molar-refractivity contribution is -0.402. The number of esters is 1. The summed E-state index contributed by atoms with van der Waals surface area (Å²) in [6, 6.07) is 2.47. The van der Waals surface area contributed by atoms with Crippen molar-refractivity contribution in [3.8, 4) is 0 Å². The summed E-state index contributed by atoms with van der Waals surface area (Å²) in [6.07, 6.45) is -4.18. The molecule has 0 aromatic carbocycles. The molecule has 1 N–H and O–H groups in total. The van der Waals surface area contributed by atoms with Gasteiger partial charge in [-0.3, -0.25) is 14.9 Å². The first-order chi connectivity index (χ1) is 12.1. The highest BCUT2D eigenvalue weighted by Crippen LogP contribution is 2.32. The summed E-state index contributed by atoms with van der Waals surface area (Å²) in [5.41, 5.74) is -1.11. The van der Waals surface area contributed by atoms with E-state index in [1.54, 1.807) is 0 Å². The van der Waals surface area contributed by atoms with Crippen molar-refractivity contribution in [1.29, 1.82) is 0 Å². The molecule has 138 valence electrons. The third-order valence-electron chi connectivity index (χ3n) is 2.73. The normalized spacial score (nSPS) is 11.1. The van der Waals surface area contributed by atoms with Crippen molar-refractivity contribution >= 4 is 35.2 Å². The number of pyridine rings is 1. The van der Waals surface area contributed by atoms with Crippen LogP contribution in [0.2, 0.25) is 5.02 Å². The summed E-state index contributed by atoms with van der Waals surface area (Å²) in [5, 5.41) is 12.0. The first-order valence-electron chi connectivity index (χ1n) is 6.52. The molecule has 0 aliphatic rings. The van der Waals surface area contributed by atoms with Crippen LogP contribution in [0.1, 0.15) is 16.1 Å². The van der Waals surface area contributed by atoms with Crippen LogP contribution in [0.15, 0.2) is 28.8 Å². The highest BCUT2D eigenvalue weighted by Gasteiger charge is 2.31. The number of furan rings is 1. The lowest BCUT2D eigenvalue weighted by Gasteiger charge is -2.10. The maximum absolute atomic E-state index is 12.5. The van der Waals surface area contributed by atoms with Crippen LogP contribution < -0.4 is 5.32 Å². The molecule has 2 aromatic heterocycles. The molecule has 0 unspecified atom stereocenters. The van der Waals surface area contributed by atoms with Crippen molar-refractivity contribution in [2.45, 2.75) is 6.18 Å². The summed E-state index contributed by atoms with van der Waals surface area (Å²) in [5.74, 6) is -3.67. The van der Waals surface area contributed by atoms with Crippen molar-refractivity contribution < 1.29 is 36.8 Å². The lowest BCUT2D eigenvalue weighted by Crippen LogP contribution is -2.21. The third-order valence-corrected chi connectivity index (χ3v) is 3.02. The molecule has 26 heavy (non-hydrogen) atoms. The van der Waals surface area contributed by atoms with E-state index in [1.807, 2.05) is 0 Å². The van der Waals surface area contributed by atoms with Gasteiger partial charge in [-0.05, 0) is 12.1 Å². The highest BCUT2D eigenvalue weighted by molar-refractivity contribution is 6.33. The number of hydrogen-bond acceptors (Lipinski definition) is 7. The zero-order valence-electron chi connectivity index (χ0n) is 12.4. The molecule has 0 radical (unpaired) electrons. The summed E-state index contributed by atoms with van der Waals surface area (Å²) >= 11 is 5.61. The number of nitrogens with one attached hydrogen (secondary N) is 1. The fourth-order valence-electron chi connectivity index (χ4n) is 1.59. The van der Waals surface area contributed by atoms with Gasteiger partial charge in [0.25, 0.3) is 5.91 Å². The summed E-state index contributed by atoms with van der Waals surface area (Å²) in [4.78, 5) is 36.2. The zero-order valence-corrected chi connectivity index (χ0v) is 13.1. The van der Waals surface area contributed by atoms with E-state index < -0.39 is 51.8 Å². The van der Waals surface area contributed by atoms with Crippen LogP contribution in [0.4, 0.5) is 24.9 Å². The lowest BCUT2D eigenvalue weighted by atomic mass is 10.3. The van der Waals surface area contributed by atoms with E-state index in [1.165, 1.54) is 0 Å². The van der Waals surface area contributed by atoms with Crippen LogP contribution in [-0.2, 0) is 15.7 Å². The molecule has 0 aliphatic carbocycles. The molecular formula is C13H7ClF3N3O6. The van der Waals surface area contributed by atoms with Crippen molar-refractivity contribution in [2.24, 2.45) is 0 Å². The number of anilines is 1. The van der Waals surface area contributed by atoms with Gasteiger partial charge in [-0.1, -0.05) is 11.6 Å². The number of carbonyl (C=O) groups is 2. The maximum atomic E-state index is 12.5. The van der Waals surface area contributed by atoms with Gasteiger partial charge < -0.3 is 14.5 Å². The molecule has 2 rings (SSSR count). The SMILES string of the molecule is O=C(COC(=O)c1ccc([N+](=O)[O-])o1)Nc1ncc(C(F)(F)F)cc1Cl. The number of carbonyl (C=O) groups excluding carboxylic acids is 2. The molecule has 2 heterocycles. The minimum Gasteiger partial charge on any atom is -0.450 e. The molecule has 9 nitrogen and oxygen atoms in total. The zero-order chi connectivity index (χ0) is 19.5. The van der Waals surface area contributed by atoms with E-state index in [0.717, 1.165) is 12.1 Å². The minimum atomic E-state index is -4.65. The molecule has 13 heteroatoms. The fraction of sp³-hybridized carbons (Fsp3) is 0.154. The van der Waals surface area contributed by atoms with Crippen LogP contribution in [0, 0.1) is 10.1 Å². The second-order valence-corrected chi connectivity index (χ2v) is 4.98. The van der Waals surface area contributed by atoms with Crippen LogP contribution in [0.5, 0.6) is 0 Å². The Hall–Kier alpha value is -3.15. The quantitative estimate of drug-likeness (QED) is 0.470. The number of hydrogen-bond donors (Lipinski definition) is 1. The van der Waals surface area contributed by atoms with E-state index in [4.69, 9.17) is 11.6 Å². The van der Waals surface area contributed by atoms with Crippen LogP contribution in [-0.4, -0.2) is 28.4 Å². The van der Waals surface area contributed by atoms with E-state index >= 15 is 0 Å². The molecule has 0 aliphatic heterocycles. The summed E-state index contributed by atoms with van der Waals surface area (Å²) in [7, 11) is 0. The highest BCUT2D eigenvalue weighted by atomic mass is 35.5. The minimum absolute atomic E-state index is 0.366. The molecular weight excluding hydrogens is 387 g/mol. The Labute approximate surface area is 146 Å². The second kappa shape index (κ2) is 7.39. The number of nitrogens with zero attached hydrogens (tertiary/aromatic N) is 2. The average molecular weight is 394 g/mol. The van der Waals surface area contributed by atoms with Gasteiger partial charge >= 0.3 is 18.0 Å². The summed E-state index contributed by atoms with van der Waals surface area (Å²) in [6.45, 7) is -0.855. The Morgan fingerprint density at radius 3 is 2.62 bits per heavy atom. The standard InChI is InChI=1S/C13H7ClF3N3O6/c14-7-3-6(13(15,16)17)4-18-11(7)19-9(21)5-25-12(22)8-1-2-10(26-8)20(23)24/h1-4H,5H2,(H,18,19,21). The summed E-state index contributed by atoms with van der Waals surface area (Å²) < 4.78 is 46.6. The Balaban J connectivity index is 1.94. The van der Waals surface area contributed by atoms with Crippen molar-refractivity contribution in [2.75, 3.05) is 11.9 Å². The monoisotopic (exact) mass is 393 g/mol. The predicted octanol–water partition coefficient (Wildman–Crippen LogP) is 3.05. The van der Waals surface area contributed by atoms with Gasteiger partial charge in [-0.15, -0.1) is 0 Å². The molecule has 0 bridgehead atoms. The Bertz CT molecular complexity index is 867. The fourth-order valence-corrected chi connectivity index (χ4v) is 1.80. The first-order valence-corrected chi connectivity index (χ1v) is 6.89. The van der Waals surface area contributed by atoms with Gasteiger partial charge in [0.15, 0.2) is 12.4 Å².